The summed E-state index contributed by atoms with van der Waals surface area (Å²) in [4.78, 5) is 19.8. The highest BCUT2D eigenvalue weighted by atomic mass is 79.9. The van der Waals surface area contributed by atoms with Gasteiger partial charge in [0.25, 0.3) is 5.69 Å². The van der Waals surface area contributed by atoms with Gasteiger partial charge in [0.05, 0.1) is 22.5 Å². The van der Waals surface area contributed by atoms with Crippen molar-refractivity contribution in [2.75, 3.05) is 12.1 Å². The van der Waals surface area contributed by atoms with E-state index >= 15 is 0 Å². The fourth-order valence-electron chi connectivity index (χ4n) is 2.99. The van der Waals surface area contributed by atoms with Gasteiger partial charge in [-0.2, -0.15) is 5.10 Å². The monoisotopic (exact) mass is 487 g/mol. The van der Waals surface area contributed by atoms with Crippen LogP contribution in [0.5, 0.6) is 0 Å². The van der Waals surface area contributed by atoms with E-state index in [1.54, 1.807) is 30.4 Å². The van der Waals surface area contributed by atoms with Crippen molar-refractivity contribution in [2.24, 2.45) is 5.10 Å². The summed E-state index contributed by atoms with van der Waals surface area (Å²) in [5, 5.41) is 16.8. The second kappa shape index (κ2) is 9.49. The van der Waals surface area contributed by atoms with Crippen molar-refractivity contribution in [1.82, 2.24) is 9.97 Å². The Morgan fingerprint density at radius 2 is 1.50 bits per heavy atom. The van der Waals surface area contributed by atoms with E-state index in [-0.39, 0.29) is 5.69 Å². The van der Waals surface area contributed by atoms with E-state index in [4.69, 9.17) is 9.97 Å². The van der Waals surface area contributed by atoms with Crippen LogP contribution >= 0.6 is 15.9 Å². The average molecular weight is 488 g/mol. The third-order valence-electron chi connectivity index (χ3n) is 4.70. The van der Waals surface area contributed by atoms with Crippen LogP contribution in [-0.2, 0) is 0 Å². The van der Waals surface area contributed by atoms with E-state index in [2.05, 4.69) is 21.0 Å². The lowest BCUT2D eigenvalue weighted by molar-refractivity contribution is -0.384. The summed E-state index contributed by atoms with van der Waals surface area (Å²) < 4.78 is 0.989. The van der Waals surface area contributed by atoms with Gasteiger partial charge in [0.15, 0.2) is 0 Å². The topological polar surface area (TPSA) is 84.5 Å². The number of rotatable bonds is 6. The predicted molar refractivity (Wildman–Crippen MR) is 130 cm³/mol. The second-order valence-corrected chi connectivity index (χ2v) is 7.84. The molecule has 32 heavy (non-hydrogen) atoms. The molecule has 0 saturated heterocycles. The Bertz CT molecular complexity index is 1260. The zero-order valence-electron chi connectivity index (χ0n) is 17.1. The summed E-state index contributed by atoms with van der Waals surface area (Å²) in [7, 11) is 1.76. The average Bonchev–Trinajstić information content (AvgIpc) is 2.83. The first kappa shape index (κ1) is 21.3. The van der Waals surface area contributed by atoms with Crippen molar-refractivity contribution >= 4 is 33.8 Å². The van der Waals surface area contributed by atoms with Crippen molar-refractivity contribution < 1.29 is 4.92 Å². The van der Waals surface area contributed by atoms with Crippen molar-refractivity contribution in [2.45, 2.75) is 0 Å². The van der Waals surface area contributed by atoms with Gasteiger partial charge in [0, 0.05) is 34.8 Å². The van der Waals surface area contributed by atoms with Crippen LogP contribution in [0.2, 0.25) is 0 Å². The molecule has 0 atom stereocenters. The summed E-state index contributed by atoms with van der Waals surface area (Å²) in [6.45, 7) is 0. The maximum absolute atomic E-state index is 10.8. The van der Waals surface area contributed by atoms with Gasteiger partial charge in [-0.1, -0.05) is 58.4 Å². The zero-order chi connectivity index (χ0) is 22.5. The van der Waals surface area contributed by atoms with Crippen molar-refractivity contribution in [3.05, 3.63) is 105 Å². The third kappa shape index (κ3) is 5.04. The Morgan fingerprint density at radius 1 is 0.906 bits per heavy atom. The fourth-order valence-corrected chi connectivity index (χ4v) is 3.26. The van der Waals surface area contributed by atoms with Crippen LogP contribution in [0.25, 0.3) is 22.5 Å². The fraction of sp³-hybridized carbons (Fsp3) is 0.0417. The normalized spacial score (nSPS) is 10.9. The molecule has 4 aromatic rings. The molecule has 8 heteroatoms. The number of halogens is 1. The molecule has 3 aromatic carbocycles. The van der Waals surface area contributed by atoms with Crippen LogP contribution in [0.4, 0.5) is 11.6 Å². The third-order valence-corrected chi connectivity index (χ3v) is 5.23. The number of benzene rings is 3. The number of nitro benzene ring substituents is 1. The molecule has 0 bridgehead atoms. The van der Waals surface area contributed by atoms with E-state index in [0.717, 1.165) is 32.6 Å². The molecule has 4 rings (SSSR count). The number of non-ortho nitro benzene ring substituents is 1. The first-order valence-electron chi connectivity index (χ1n) is 9.72. The molecule has 0 aliphatic carbocycles. The van der Waals surface area contributed by atoms with E-state index in [1.807, 2.05) is 60.7 Å². The molecule has 0 radical (unpaired) electrons. The van der Waals surface area contributed by atoms with Crippen LogP contribution in [0, 0.1) is 10.1 Å². The summed E-state index contributed by atoms with van der Waals surface area (Å²) in [5.74, 6) is 0.433. The minimum Gasteiger partial charge on any atom is -0.258 e. The molecule has 0 fully saturated rings. The van der Waals surface area contributed by atoms with Gasteiger partial charge in [0.1, 0.15) is 0 Å². The first-order chi connectivity index (χ1) is 15.5. The summed E-state index contributed by atoms with van der Waals surface area (Å²) >= 11 is 3.46. The standard InChI is InChI=1S/C24H18BrN5O2/c1-29(26-16-17-7-13-21(14-8-17)30(31)32)24-27-22(18-5-3-2-4-6-18)15-23(28-24)19-9-11-20(25)12-10-19/h2-16H,1H3/b26-16+. The molecule has 0 spiro atoms. The van der Waals surface area contributed by atoms with Crippen LogP contribution in [0.3, 0.4) is 0 Å². The molecule has 0 aliphatic rings. The van der Waals surface area contributed by atoms with E-state index in [1.165, 1.54) is 12.1 Å². The molecule has 0 aliphatic heterocycles. The van der Waals surface area contributed by atoms with Gasteiger partial charge in [-0.3, -0.25) is 10.1 Å². The Hall–Kier alpha value is -3.91. The van der Waals surface area contributed by atoms with Crippen molar-refractivity contribution in [1.29, 1.82) is 0 Å². The first-order valence-corrected chi connectivity index (χ1v) is 10.5. The molecular formula is C24H18BrN5O2. The number of aromatic nitrogens is 2. The number of nitrogens with zero attached hydrogens (tertiary/aromatic N) is 5. The van der Waals surface area contributed by atoms with Crippen LogP contribution in [0.15, 0.2) is 94.5 Å². The van der Waals surface area contributed by atoms with Crippen LogP contribution < -0.4 is 5.01 Å². The summed E-state index contributed by atoms with van der Waals surface area (Å²) in [6, 6.07) is 25.9. The number of anilines is 1. The summed E-state index contributed by atoms with van der Waals surface area (Å²) in [5.41, 5.74) is 4.26. The molecule has 0 unspecified atom stereocenters. The molecule has 0 amide bonds. The van der Waals surface area contributed by atoms with Crippen molar-refractivity contribution in [3.63, 3.8) is 0 Å². The number of hydrogen-bond acceptors (Lipinski definition) is 6. The van der Waals surface area contributed by atoms with Gasteiger partial charge < -0.3 is 0 Å². The van der Waals surface area contributed by atoms with Gasteiger partial charge >= 0.3 is 0 Å². The Morgan fingerprint density at radius 3 is 2.09 bits per heavy atom. The maximum Gasteiger partial charge on any atom is 0.269 e. The molecule has 0 N–H and O–H groups in total. The van der Waals surface area contributed by atoms with Gasteiger partial charge in [-0.05, 0) is 35.9 Å². The van der Waals surface area contributed by atoms with E-state index in [9.17, 15) is 10.1 Å². The Labute approximate surface area is 193 Å². The van der Waals surface area contributed by atoms with Crippen molar-refractivity contribution in [3.8, 4) is 22.5 Å². The number of hydrogen-bond donors (Lipinski definition) is 0. The molecule has 1 heterocycles. The largest absolute Gasteiger partial charge is 0.269 e. The molecule has 1 aromatic heterocycles. The summed E-state index contributed by atoms with van der Waals surface area (Å²) in [6.07, 6.45) is 1.61. The quantitative estimate of drug-likeness (QED) is 0.190. The smallest absolute Gasteiger partial charge is 0.258 e. The lowest BCUT2D eigenvalue weighted by Crippen LogP contribution is -2.13. The highest BCUT2D eigenvalue weighted by molar-refractivity contribution is 9.10. The molecular weight excluding hydrogens is 470 g/mol. The van der Waals surface area contributed by atoms with E-state index in [0.29, 0.717) is 5.95 Å². The second-order valence-electron chi connectivity index (χ2n) is 6.93. The minimum absolute atomic E-state index is 0.0357. The van der Waals surface area contributed by atoms with Crippen LogP contribution in [0.1, 0.15) is 5.56 Å². The Kier molecular flexibility index (Phi) is 6.32. The number of hydrazone groups is 1. The lowest BCUT2D eigenvalue weighted by atomic mass is 10.1. The predicted octanol–water partition coefficient (Wildman–Crippen LogP) is 5.95. The highest BCUT2D eigenvalue weighted by Crippen LogP contribution is 2.27. The van der Waals surface area contributed by atoms with Gasteiger partial charge in [0.2, 0.25) is 5.95 Å². The molecule has 0 saturated carbocycles. The maximum atomic E-state index is 10.8. The van der Waals surface area contributed by atoms with Gasteiger partial charge in [-0.25, -0.2) is 15.0 Å². The lowest BCUT2D eigenvalue weighted by Gasteiger charge is -2.14. The molecule has 158 valence electrons. The molecule has 7 nitrogen and oxygen atoms in total. The number of nitro groups is 1. The van der Waals surface area contributed by atoms with Crippen LogP contribution in [-0.4, -0.2) is 28.2 Å². The van der Waals surface area contributed by atoms with E-state index < -0.39 is 4.92 Å². The minimum atomic E-state index is -0.431. The van der Waals surface area contributed by atoms with Gasteiger partial charge in [-0.15, -0.1) is 0 Å². The zero-order valence-corrected chi connectivity index (χ0v) is 18.7. The highest BCUT2D eigenvalue weighted by Gasteiger charge is 2.11. The SMILES string of the molecule is CN(/N=C/c1ccc([N+](=O)[O-])cc1)c1nc(-c2ccccc2)cc(-c2ccc(Br)cc2)n1. The Balaban J connectivity index is 1.69.